The summed E-state index contributed by atoms with van der Waals surface area (Å²) in [6.07, 6.45) is 1.83. The number of hydrogen-bond donors (Lipinski definition) is 1. The van der Waals surface area contributed by atoms with E-state index in [-0.39, 0.29) is 5.92 Å². The van der Waals surface area contributed by atoms with Crippen molar-refractivity contribution in [2.24, 2.45) is 0 Å². The minimum Gasteiger partial charge on any atom is -0.497 e. The Kier molecular flexibility index (Phi) is 4.60. The molecule has 1 atom stereocenters. The molecule has 1 aliphatic carbocycles. The van der Waals surface area contributed by atoms with E-state index in [1.54, 1.807) is 7.11 Å². The number of fused-ring (bicyclic) bond motifs is 2. The van der Waals surface area contributed by atoms with Crippen LogP contribution >= 0.6 is 0 Å². The molecule has 0 saturated carbocycles. The highest BCUT2D eigenvalue weighted by Gasteiger charge is 2.35. The predicted molar refractivity (Wildman–Crippen MR) is 105 cm³/mol. The molecular weight excluding hydrogens is 336 g/mol. The Balaban J connectivity index is 1.89. The lowest BCUT2D eigenvalue weighted by molar-refractivity contribution is 0.209. The minimum atomic E-state index is -0.0794. The number of rotatable bonds is 4. The van der Waals surface area contributed by atoms with Crippen LogP contribution in [0.5, 0.6) is 5.75 Å². The number of benzene rings is 2. The van der Waals surface area contributed by atoms with Gasteiger partial charge in [0.05, 0.1) is 13.7 Å². The molecule has 4 heteroatoms. The highest BCUT2D eigenvalue weighted by molar-refractivity contribution is 5.78. The fourth-order valence-corrected chi connectivity index (χ4v) is 4.02. The zero-order chi connectivity index (χ0) is 18.8. The van der Waals surface area contributed by atoms with Crippen LogP contribution in [0.3, 0.4) is 0 Å². The molecule has 1 heterocycles. The van der Waals surface area contributed by atoms with Gasteiger partial charge in [-0.2, -0.15) is 5.26 Å². The van der Waals surface area contributed by atoms with Crippen molar-refractivity contribution in [1.82, 2.24) is 5.32 Å². The topological polar surface area (TPSA) is 54.3 Å². The van der Waals surface area contributed by atoms with Crippen LogP contribution in [-0.4, -0.2) is 13.7 Å². The second-order valence-electron chi connectivity index (χ2n) is 6.68. The van der Waals surface area contributed by atoms with Crippen LogP contribution in [0.1, 0.15) is 36.0 Å². The van der Waals surface area contributed by atoms with Gasteiger partial charge >= 0.3 is 0 Å². The predicted octanol–water partition coefficient (Wildman–Crippen LogP) is 4.51. The van der Waals surface area contributed by atoms with Gasteiger partial charge in [0.25, 0.3) is 0 Å². The number of aryl methyl sites for hydroxylation is 1. The van der Waals surface area contributed by atoms with Gasteiger partial charge < -0.3 is 14.8 Å². The van der Waals surface area contributed by atoms with Gasteiger partial charge in [-0.1, -0.05) is 30.3 Å². The molecule has 0 saturated heterocycles. The van der Waals surface area contributed by atoms with Gasteiger partial charge in [-0.05, 0) is 54.7 Å². The number of nitriles is 1. The highest BCUT2D eigenvalue weighted by Crippen LogP contribution is 2.45. The van der Waals surface area contributed by atoms with E-state index in [0.29, 0.717) is 18.1 Å². The maximum absolute atomic E-state index is 9.91. The van der Waals surface area contributed by atoms with Crippen molar-refractivity contribution >= 4 is 5.70 Å². The van der Waals surface area contributed by atoms with E-state index in [0.717, 1.165) is 35.4 Å². The molecule has 2 aromatic carbocycles. The molecule has 2 aliphatic rings. The summed E-state index contributed by atoms with van der Waals surface area (Å²) < 4.78 is 11.2. The first-order valence-corrected chi connectivity index (χ1v) is 9.26. The van der Waals surface area contributed by atoms with Crippen LogP contribution in [0.2, 0.25) is 0 Å². The standard InChI is InChI=1S/C23H22N2O2/c1-3-27-23-20(14-24)21(15-7-5-4-6-8-15)19-11-9-16-13-17(26-2)10-12-18(16)22(19)25-23/h4-8,10,12-13,21,25H,3,9,11H2,1-2H3. The molecule has 4 nitrogen and oxygen atoms in total. The molecule has 1 unspecified atom stereocenters. The van der Waals surface area contributed by atoms with E-state index < -0.39 is 0 Å². The van der Waals surface area contributed by atoms with E-state index in [4.69, 9.17) is 9.47 Å². The fraction of sp³-hybridized carbons (Fsp3) is 0.261. The Morgan fingerprint density at radius 2 is 1.96 bits per heavy atom. The van der Waals surface area contributed by atoms with Gasteiger partial charge in [-0.3, -0.25) is 0 Å². The molecule has 0 bridgehead atoms. The number of ether oxygens (including phenoxy) is 2. The quantitative estimate of drug-likeness (QED) is 0.874. The number of dihydropyridines is 1. The van der Waals surface area contributed by atoms with Crippen molar-refractivity contribution in [1.29, 1.82) is 5.26 Å². The Morgan fingerprint density at radius 3 is 2.67 bits per heavy atom. The lowest BCUT2D eigenvalue weighted by Crippen LogP contribution is -2.29. The van der Waals surface area contributed by atoms with Crippen LogP contribution in [0.4, 0.5) is 0 Å². The number of nitrogens with zero attached hydrogens (tertiary/aromatic N) is 1. The van der Waals surface area contributed by atoms with Crippen LogP contribution in [0.25, 0.3) is 5.70 Å². The highest BCUT2D eigenvalue weighted by atomic mass is 16.5. The SMILES string of the molecule is CCOC1=C(C#N)C(c2ccccc2)C2=C(N1)c1ccc(OC)cc1CC2. The molecule has 1 N–H and O–H groups in total. The summed E-state index contributed by atoms with van der Waals surface area (Å²) >= 11 is 0. The Hall–Kier alpha value is -3.19. The first-order valence-electron chi connectivity index (χ1n) is 9.26. The lowest BCUT2D eigenvalue weighted by atomic mass is 9.75. The minimum absolute atomic E-state index is 0.0794. The third-order valence-corrected chi connectivity index (χ3v) is 5.23. The summed E-state index contributed by atoms with van der Waals surface area (Å²) in [7, 11) is 1.69. The number of hydrogen-bond acceptors (Lipinski definition) is 4. The van der Waals surface area contributed by atoms with E-state index in [2.05, 4.69) is 35.7 Å². The van der Waals surface area contributed by atoms with Crippen LogP contribution in [0.15, 0.2) is 65.6 Å². The fourth-order valence-electron chi connectivity index (χ4n) is 4.02. The molecule has 136 valence electrons. The molecule has 2 aromatic rings. The molecular formula is C23H22N2O2. The van der Waals surface area contributed by atoms with Gasteiger partial charge in [0.1, 0.15) is 17.4 Å². The van der Waals surface area contributed by atoms with E-state index in [1.807, 2.05) is 31.2 Å². The molecule has 0 aromatic heterocycles. The van der Waals surface area contributed by atoms with Crippen molar-refractivity contribution in [2.45, 2.75) is 25.7 Å². The number of nitrogens with one attached hydrogen (secondary N) is 1. The van der Waals surface area contributed by atoms with Crippen LogP contribution in [-0.2, 0) is 11.2 Å². The summed E-state index contributed by atoms with van der Waals surface area (Å²) in [6.45, 7) is 2.44. The molecule has 0 spiro atoms. The molecule has 27 heavy (non-hydrogen) atoms. The lowest BCUT2D eigenvalue weighted by Gasteiger charge is -2.35. The maximum Gasteiger partial charge on any atom is 0.206 e. The van der Waals surface area contributed by atoms with Crippen molar-refractivity contribution in [3.63, 3.8) is 0 Å². The molecule has 0 radical (unpaired) electrons. The summed E-state index contributed by atoms with van der Waals surface area (Å²) in [4.78, 5) is 0. The van der Waals surface area contributed by atoms with Crippen LogP contribution < -0.4 is 10.1 Å². The van der Waals surface area contributed by atoms with Gasteiger partial charge in [0.2, 0.25) is 5.88 Å². The van der Waals surface area contributed by atoms with Gasteiger partial charge in [-0.15, -0.1) is 0 Å². The number of methoxy groups -OCH3 is 1. The number of allylic oxidation sites excluding steroid dienone is 2. The first-order chi connectivity index (χ1) is 13.3. The van der Waals surface area contributed by atoms with Gasteiger partial charge in [-0.25, -0.2) is 0 Å². The van der Waals surface area contributed by atoms with Crippen molar-refractivity contribution in [2.75, 3.05) is 13.7 Å². The van der Waals surface area contributed by atoms with Crippen LogP contribution in [0, 0.1) is 11.3 Å². The Bertz CT molecular complexity index is 968. The molecule has 0 amide bonds. The third kappa shape index (κ3) is 2.96. The maximum atomic E-state index is 9.91. The zero-order valence-corrected chi connectivity index (χ0v) is 15.6. The summed E-state index contributed by atoms with van der Waals surface area (Å²) in [5.74, 6) is 1.35. The average molecular weight is 358 g/mol. The second kappa shape index (κ2) is 7.20. The smallest absolute Gasteiger partial charge is 0.206 e. The first kappa shape index (κ1) is 17.2. The summed E-state index contributed by atoms with van der Waals surface area (Å²) in [5.41, 5.74) is 6.50. The van der Waals surface area contributed by atoms with Crippen molar-refractivity contribution in [3.8, 4) is 11.8 Å². The zero-order valence-electron chi connectivity index (χ0n) is 15.6. The summed E-state index contributed by atoms with van der Waals surface area (Å²) in [5, 5.41) is 13.3. The Labute approximate surface area is 159 Å². The van der Waals surface area contributed by atoms with E-state index in [9.17, 15) is 5.26 Å². The van der Waals surface area contributed by atoms with E-state index in [1.165, 1.54) is 11.1 Å². The van der Waals surface area contributed by atoms with Gasteiger partial charge in [0, 0.05) is 17.2 Å². The normalized spacial score (nSPS) is 18.2. The van der Waals surface area contributed by atoms with Crippen molar-refractivity contribution < 1.29 is 9.47 Å². The van der Waals surface area contributed by atoms with Crippen molar-refractivity contribution in [3.05, 3.63) is 82.3 Å². The Morgan fingerprint density at radius 1 is 1.15 bits per heavy atom. The second-order valence-corrected chi connectivity index (χ2v) is 6.68. The largest absolute Gasteiger partial charge is 0.497 e. The van der Waals surface area contributed by atoms with Gasteiger partial charge in [0.15, 0.2) is 0 Å². The van der Waals surface area contributed by atoms with E-state index >= 15 is 0 Å². The molecule has 4 rings (SSSR count). The average Bonchev–Trinajstić information content (AvgIpc) is 2.73. The summed E-state index contributed by atoms with van der Waals surface area (Å²) in [6, 6.07) is 18.8. The third-order valence-electron chi connectivity index (χ3n) is 5.23. The molecule has 1 aliphatic heterocycles. The monoisotopic (exact) mass is 358 g/mol. The molecule has 0 fully saturated rings.